The van der Waals surface area contributed by atoms with Crippen molar-refractivity contribution in [1.82, 2.24) is 9.88 Å². The quantitative estimate of drug-likeness (QED) is 0.907. The highest BCUT2D eigenvalue weighted by Gasteiger charge is 2.26. The molecule has 1 aromatic rings. The molecule has 2 heterocycles. The van der Waals surface area contributed by atoms with Crippen molar-refractivity contribution in [3.05, 3.63) is 30.1 Å². The Bertz CT molecular complexity index is 336. The van der Waals surface area contributed by atoms with E-state index in [-0.39, 0.29) is 6.04 Å². The van der Waals surface area contributed by atoms with E-state index in [4.69, 9.17) is 5.73 Å². The second-order valence-corrected chi connectivity index (χ2v) is 6.02. The monoisotopic (exact) mass is 265 g/mol. The second kappa shape index (κ2) is 7.12. The molecule has 2 unspecified atom stereocenters. The van der Waals surface area contributed by atoms with Gasteiger partial charge in [-0.1, -0.05) is 6.92 Å². The minimum atomic E-state index is 0.204. The van der Waals surface area contributed by atoms with Gasteiger partial charge >= 0.3 is 0 Å². The summed E-state index contributed by atoms with van der Waals surface area (Å²) in [6.07, 6.45) is 6.02. The van der Waals surface area contributed by atoms with Crippen LogP contribution in [0.1, 0.15) is 31.4 Å². The first kappa shape index (κ1) is 13.8. The van der Waals surface area contributed by atoms with E-state index >= 15 is 0 Å². The molecule has 0 aromatic carbocycles. The molecule has 1 saturated heterocycles. The summed E-state index contributed by atoms with van der Waals surface area (Å²) in [5.41, 5.74) is 7.67. The van der Waals surface area contributed by atoms with Gasteiger partial charge in [0, 0.05) is 30.7 Å². The van der Waals surface area contributed by atoms with Crippen LogP contribution in [0.25, 0.3) is 0 Å². The topological polar surface area (TPSA) is 42.1 Å². The van der Waals surface area contributed by atoms with Gasteiger partial charge in [0.15, 0.2) is 0 Å². The molecule has 100 valence electrons. The lowest BCUT2D eigenvalue weighted by atomic mass is 9.97. The zero-order chi connectivity index (χ0) is 12.8. The van der Waals surface area contributed by atoms with E-state index in [9.17, 15) is 0 Å². The summed E-state index contributed by atoms with van der Waals surface area (Å²) in [5.74, 6) is 2.50. The lowest BCUT2D eigenvalue weighted by Gasteiger charge is -2.34. The molecule has 2 rings (SSSR count). The predicted molar refractivity (Wildman–Crippen MR) is 78.8 cm³/mol. The van der Waals surface area contributed by atoms with Crippen LogP contribution in [0.5, 0.6) is 0 Å². The van der Waals surface area contributed by atoms with Gasteiger partial charge in [0.2, 0.25) is 0 Å². The van der Waals surface area contributed by atoms with Crippen LogP contribution < -0.4 is 5.73 Å². The summed E-state index contributed by atoms with van der Waals surface area (Å²) >= 11 is 2.06. The molecule has 0 spiro atoms. The molecule has 0 amide bonds. The molecular weight excluding hydrogens is 242 g/mol. The lowest BCUT2D eigenvalue weighted by Crippen LogP contribution is -2.42. The van der Waals surface area contributed by atoms with Crippen molar-refractivity contribution in [2.75, 3.05) is 24.6 Å². The van der Waals surface area contributed by atoms with Crippen molar-refractivity contribution < 1.29 is 0 Å². The van der Waals surface area contributed by atoms with E-state index in [1.807, 2.05) is 12.4 Å². The van der Waals surface area contributed by atoms with Crippen molar-refractivity contribution in [2.45, 2.75) is 31.8 Å². The largest absolute Gasteiger partial charge is 0.326 e. The van der Waals surface area contributed by atoms with Crippen LogP contribution in [-0.2, 0) is 0 Å². The van der Waals surface area contributed by atoms with Gasteiger partial charge in [-0.05, 0) is 42.8 Å². The smallest absolute Gasteiger partial charge is 0.0500 e. The highest BCUT2D eigenvalue weighted by atomic mass is 32.2. The van der Waals surface area contributed by atoms with Gasteiger partial charge in [-0.15, -0.1) is 0 Å². The van der Waals surface area contributed by atoms with Gasteiger partial charge in [0.05, 0.1) is 6.04 Å². The Balaban J connectivity index is 2.18. The van der Waals surface area contributed by atoms with Crippen LogP contribution >= 0.6 is 11.8 Å². The van der Waals surface area contributed by atoms with E-state index in [2.05, 4.69) is 40.7 Å². The van der Waals surface area contributed by atoms with Crippen molar-refractivity contribution >= 4 is 11.8 Å². The van der Waals surface area contributed by atoms with Crippen LogP contribution in [0.3, 0.4) is 0 Å². The maximum Gasteiger partial charge on any atom is 0.0500 e. The maximum absolute atomic E-state index is 6.36. The van der Waals surface area contributed by atoms with Gasteiger partial charge in [0.1, 0.15) is 0 Å². The zero-order valence-electron chi connectivity index (χ0n) is 11.1. The highest BCUT2D eigenvalue weighted by molar-refractivity contribution is 7.99. The minimum Gasteiger partial charge on any atom is -0.326 e. The average Bonchev–Trinajstić information content (AvgIpc) is 2.69. The molecule has 2 N–H and O–H groups in total. The molecule has 0 radical (unpaired) electrons. The Morgan fingerprint density at radius 2 is 2.11 bits per heavy atom. The standard InChI is InChI=1S/C14H23N3S/c1-2-13(15)14(12-4-6-16-7-5-12)17-8-3-10-18-11-9-17/h4-7,13-14H,2-3,8-11,15H2,1H3. The summed E-state index contributed by atoms with van der Waals surface area (Å²) in [7, 11) is 0. The Labute approximate surface area is 114 Å². The average molecular weight is 265 g/mol. The minimum absolute atomic E-state index is 0.204. The van der Waals surface area contributed by atoms with Crippen LogP contribution in [-0.4, -0.2) is 40.5 Å². The molecule has 0 aliphatic carbocycles. The van der Waals surface area contributed by atoms with E-state index in [1.165, 1.54) is 23.5 Å². The van der Waals surface area contributed by atoms with Gasteiger partial charge in [-0.25, -0.2) is 0 Å². The van der Waals surface area contributed by atoms with E-state index < -0.39 is 0 Å². The molecule has 18 heavy (non-hydrogen) atoms. The van der Waals surface area contributed by atoms with Gasteiger partial charge < -0.3 is 5.73 Å². The van der Waals surface area contributed by atoms with Crippen LogP contribution in [0.15, 0.2) is 24.5 Å². The number of pyridine rings is 1. The number of aromatic nitrogens is 1. The van der Waals surface area contributed by atoms with E-state index in [1.54, 1.807) is 0 Å². The first-order valence-corrected chi connectivity index (χ1v) is 7.95. The molecule has 0 saturated carbocycles. The third kappa shape index (κ3) is 3.46. The third-order valence-corrected chi connectivity index (χ3v) is 4.62. The van der Waals surface area contributed by atoms with Crippen molar-refractivity contribution in [2.24, 2.45) is 5.73 Å². The Hall–Kier alpha value is -0.580. The Morgan fingerprint density at radius 1 is 1.33 bits per heavy atom. The molecule has 1 fully saturated rings. The zero-order valence-corrected chi connectivity index (χ0v) is 11.9. The molecule has 4 heteroatoms. The number of nitrogens with zero attached hydrogens (tertiary/aromatic N) is 2. The van der Waals surface area contributed by atoms with Crippen molar-refractivity contribution in [1.29, 1.82) is 0 Å². The first-order valence-electron chi connectivity index (χ1n) is 6.80. The summed E-state index contributed by atoms with van der Waals surface area (Å²) < 4.78 is 0. The summed E-state index contributed by atoms with van der Waals surface area (Å²) in [6.45, 7) is 4.48. The fourth-order valence-electron chi connectivity index (χ4n) is 2.56. The molecule has 0 bridgehead atoms. The maximum atomic E-state index is 6.36. The molecule has 2 atom stereocenters. The summed E-state index contributed by atoms with van der Waals surface area (Å²) in [4.78, 5) is 6.67. The van der Waals surface area contributed by atoms with Gasteiger partial charge in [-0.2, -0.15) is 11.8 Å². The number of hydrogen-bond donors (Lipinski definition) is 1. The number of nitrogens with two attached hydrogens (primary N) is 1. The first-order chi connectivity index (χ1) is 8.83. The van der Waals surface area contributed by atoms with E-state index in [0.29, 0.717) is 6.04 Å². The van der Waals surface area contributed by atoms with Crippen molar-refractivity contribution in [3.8, 4) is 0 Å². The summed E-state index contributed by atoms with van der Waals surface area (Å²) in [5, 5.41) is 0. The van der Waals surface area contributed by atoms with E-state index in [0.717, 1.165) is 19.5 Å². The second-order valence-electron chi connectivity index (χ2n) is 4.80. The molecule has 1 aromatic heterocycles. The Kier molecular flexibility index (Phi) is 5.47. The van der Waals surface area contributed by atoms with Crippen LogP contribution in [0, 0.1) is 0 Å². The molecule has 1 aliphatic rings. The third-order valence-electron chi connectivity index (χ3n) is 3.57. The van der Waals surface area contributed by atoms with Crippen LogP contribution in [0.2, 0.25) is 0 Å². The summed E-state index contributed by atoms with van der Waals surface area (Å²) in [6, 6.07) is 4.77. The van der Waals surface area contributed by atoms with Gasteiger partial charge in [-0.3, -0.25) is 9.88 Å². The molecule has 3 nitrogen and oxygen atoms in total. The predicted octanol–water partition coefficient (Wildman–Crippen LogP) is 2.30. The fourth-order valence-corrected chi connectivity index (χ4v) is 3.46. The van der Waals surface area contributed by atoms with Gasteiger partial charge in [0.25, 0.3) is 0 Å². The number of rotatable bonds is 4. The molecular formula is C14H23N3S. The van der Waals surface area contributed by atoms with Crippen molar-refractivity contribution in [3.63, 3.8) is 0 Å². The normalized spacial score (nSPS) is 21.2. The Morgan fingerprint density at radius 3 is 2.83 bits per heavy atom. The SMILES string of the molecule is CCC(N)C(c1ccncc1)N1CCCSCC1. The lowest BCUT2D eigenvalue weighted by molar-refractivity contribution is 0.182. The highest BCUT2D eigenvalue weighted by Crippen LogP contribution is 2.26. The number of hydrogen-bond acceptors (Lipinski definition) is 4. The fraction of sp³-hybridized carbons (Fsp3) is 0.643. The number of thioether (sulfide) groups is 1. The van der Waals surface area contributed by atoms with Crippen LogP contribution in [0.4, 0.5) is 0 Å². The molecule has 1 aliphatic heterocycles.